The van der Waals surface area contributed by atoms with Gasteiger partial charge in [-0.25, -0.2) is 0 Å². The summed E-state index contributed by atoms with van der Waals surface area (Å²) in [7, 11) is 0. The topological polar surface area (TPSA) is 46.6 Å². The van der Waals surface area contributed by atoms with Crippen LogP contribution in [0.25, 0.3) is 0 Å². The minimum absolute atomic E-state index is 0.0389. The van der Waals surface area contributed by atoms with Gasteiger partial charge in [0, 0.05) is 18.7 Å². The van der Waals surface area contributed by atoms with E-state index >= 15 is 0 Å². The number of hydrogen-bond acceptors (Lipinski definition) is 3. The molecule has 2 aromatic carbocycles. The van der Waals surface area contributed by atoms with E-state index in [1.807, 2.05) is 63.2 Å². The normalized spacial score (nSPS) is 17.2. The Morgan fingerprint density at radius 2 is 1.75 bits per heavy atom. The minimum Gasteiger partial charge on any atom is -0.426 e. The molecule has 0 radical (unpaired) electrons. The van der Waals surface area contributed by atoms with Crippen LogP contribution in [-0.2, 0) is 9.59 Å². The minimum atomic E-state index is -0.432. The highest BCUT2D eigenvalue weighted by atomic mass is 16.5. The molecular formula is C20H21NO3. The maximum absolute atomic E-state index is 12.4. The Kier molecular flexibility index (Phi) is 4.38. The SMILES string of the molecule is Cc1cc(C)cc(OC(=O)[C@@H]2CC(=O)N(c3cccc(C)c3)C2)c1. The summed E-state index contributed by atoms with van der Waals surface area (Å²) < 4.78 is 5.50. The average Bonchev–Trinajstić information content (AvgIpc) is 2.88. The van der Waals surface area contributed by atoms with E-state index in [0.717, 1.165) is 22.4 Å². The average molecular weight is 323 g/mol. The third-order valence-electron chi connectivity index (χ3n) is 4.19. The summed E-state index contributed by atoms with van der Waals surface area (Å²) in [6.45, 7) is 6.27. The van der Waals surface area contributed by atoms with Gasteiger partial charge in [0.1, 0.15) is 5.75 Å². The molecule has 0 saturated carbocycles. The second-order valence-corrected chi connectivity index (χ2v) is 6.49. The van der Waals surface area contributed by atoms with Gasteiger partial charge in [-0.05, 0) is 61.7 Å². The number of benzene rings is 2. The van der Waals surface area contributed by atoms with Gasteiger partial charge in [-0.3, -0.25) is 9.59 Å². The number of carbonyl (C=O) groups excluding carboxylic acids is 2. The lowest BCUT2D eigenvalue weighted by Crippen LogP contribution is -2.27. The van der Waals surface area contributed by atoms with Crippen LogP contribution in [0.3, 0.4) is 0 Å². The Balaban J connectivity index is 1.72. The van der Waals surface area contributed by atoms with Crippen molar-refractivity contribution in [2.75, 3.05) is 11.4 Å². The monoisotopic (exact) mass is 323 g/mol. The zero-order chi connectivity index (χ0) is 17.3. The van der Waals surface area contributed by atoms with Crippen molar-refractivity contribution >= 4 is 17.6 Å². The van der Waals surface area contributed by atoms with Crippen molar-refractivity contribution in [2.24, 2.45) is 5.92 Å². The highest BCUT2D eigenvalue weighted by Gasteiger charge is 2.36. The predicted molar refractivity (Wildman–Crippen MR) is 93.2 cm³/mol. The number of ether oxygens (including phenoxy) is 1. The number of nitrogens with zero attached hydrogens (tertiary/aromatic N) is 1. The van der Waals surface area contributed by atoms with Crippen LogP contribution in [-0.4, -0.2) is 18.4 Å². The first-order valence-corrected chi connectivity index (χ1v) is 8.09. The fourth-order valence-electron chi connectivity index (χ4n) is 3.10. The molecule has 4 nitrogen and oxygen atoms in total. The highest BCUT2D eigenvalue weighted by Crippen LogP contribution is 2.27. The maximum atomic E-state index is 12.4. The molecule has 4 heteroatoms. The quantitative estimate of drug-likeness (QED) is 0.641. The summed E-state index contributed by atoms with van der Waals surface area (Å²) in [5.41, 5.74) is 4.01. The van der Waals surface area contributed by atoms with Crippen LogP contribution in [0.4, 0.5) is 5.69 Å². The molecule has 3 rings (SSSR count). The van der Waals surface area contributed by atoms with E-state index < -0.39 is 5.92 Å². The van der Waals surface area contributed by atoms with Gasteiger partial charge in [0.05, 0.1) is 5.92 Å². The first-order valence-electron chi connectivity index (χ1n) is 8.09. The van der Waals surface area contributed by atoms with Gasteiger partial charge in [0.15, 0.2) is 0 Å². The molecular weight excluding hydrogens is 302 g/mol. The first kappa shape index (κ1) is 16.2. The van der Waals surface area contributed by atoms with Crippen molar-refractivity contribution in [3.8, 4) is 5.75 Å². The Labute approximate surface area is 142 Å². The van der Waals surface area contributed by atoms with Gasteiger partial charge in [-0.15, -0.1) is 0 Å². The van der Waals surface area contributed by atoms with Gasteiger partial charge in [-0.1, -0.05) is 18.2 Å². The number of esters is 1. The molecule has 0 unspecified atom stereocenters. The lowest BCUT2D eigenvalue weighted by molar-refractivity contribution is -0.139. The second-order valence-electron chi connectivity index (χ2n) is 6.49. The zero-order valence-electron chi connectivity index (χ0n) is 14.2. The van der Waals surface area contributed by atoms with Crippen molar-refractivity contribution in [2.45, 2.75) is 27.2 Å². The van der Waals surface area contributed by atoms with Gasteiger partial charge in [0.25, 0.3) is 0 Å². The van der Waals surface area contributed by atoms with Crippen molar-refractivity contribution in [3.05, 3.63) is 59.2 Å². The largest absolute Gasteiger partial charge is 0.426 e. The summed E-state index contributed by atoms with van der Waals surface area (Å²) in [6, 6.07) is 13.4. The van der Waals surface area contributed by atoms with E-state index in [1.165, 1.54) is 0 Å². The number of anilines is 1. The van der Waals surface area contributed by atoms with E-state index in [2.05, 4.69) is 0 Å². The Hall–Kier alpha value is -2.62. The first-order chi connectivity index (χ1) is 11.4. The van der Waals surface area contributed by atoms with E-state index in [4.69, 9.17) is 4.74 Å². The molecule has 0 N–H and O–H groups in total. The van der Waals surface area contributed by atoms with Gasteiger partial charge in [-0.2, -0.15) is 0 Å². The van der Waals surface area contributed by atoms with E-state index in [0.29, 0.717) is 12.3 Å². The molecule has 1 amide bonds. The van der Waals surface area contributed by atoms with Crippen LogP contribution < -0.4 is 9.64 Å². The summed E-state index contributed by atoms with van der Waals surface area (Å²) in [5.74, 6) is -0.274. The zero-order valence-corrected chi connectivity index (χ0v) is 14.2. The molecule has 2 aromatic rings. The number of rotatable bonds is 3. The molecule has 0 spiro atoms. The second kappa shape index (κ2) is 6.48. The van der Waals surface area contributed by atoms with E-state index in [9.17, 15) is 9.59 Å². The summed E-state index contributed by atoms with van der Waals surface area (Å²) in [4.78, 5) is 26.4. The molecule has 0 aliphatic carbocycles. The van der Waals surface area contributed by atoms with Gasteiger partial charge in [0.2, 0.25) is 5.91 Å². The van der Waals surface area contributed by atoms with Crippen LogP contribution >= 0.6 is 0 Å². The predicted octanol–water partition coefficient (Wildman–Crippen LogP) is 3.57. The van der Waals surface area contributed by atoms with E-state index in [1.54, 1.807) is 4.90 Å². The van der Waals surface area contributed by atoms with E-state index in [-0.39, 0.29) is 18.3 Å². The summed E-state index contributed by atoms with van der Waals surface area (Å²) >= 11 is 0. The summed E-state index contributed by atoms with van der Waals surface area (Å²) in [5, 5.41) is 0. The Morgan fingerprint density at radius 3 is 2.42 bits per heavy atom. The van der Waals surface area contributed by atoms with Crippen molar-refractivity contribution in [3.63, 3.8) is 0 Å². The summed E-state index contributed by atoms with van der Waals surface area (Å²) in [6.07, 6.45) is 0.192. The third-order valence-corrected chi connectivity index (χ3v) is 4.19. The van der Waals surface area contributed by atoms with Crippen LogP contribution in [0.2, 0.25) is 0 Å². The standard InChI is InChI=1S/C20H21NO3/c1-13-5-4-6-17(8-13)21-12-16(11-19(21)22)20(23)24-18-9-14(2)7-15(3)10-18/h4-10,16H,11-12H2,1-3H3/t16-/m1/s1. The molecule has 0 bridgehead atoms. The number of amides is 1. The Bertz CT molecular complexity index is 777. The third kappa shape index (κ3) is 3.48. The van der Waals surface area contributed by atoms with Gasteiger partial charge < -0.3 is 9.64 Å². The number of hydrogen-bond donors (Lipinski definition) is 0. The lowest BCUT2D eigenvalue weighted by atomic mass is 10.1. The fourth-order valence-corrected chi connectivity index (χ4v) is 3.10. The van der Waals surface area contributed by atoms with Crippen LogP contribution in [0.5, 0.6) is 5.75 Å². The van der Waals surface area contributed by atoms with Crippen molar-refractivity contribution in [1.82, 2.24) is 0 Å². The molecule has 1 fully saturated rings. The molecule has 24 heavy (non-hydrogen) atoms. The Morgan fingerprint density at radius 1 is 1.04 bits per heavy atom. The molecule has 124 valence electrons. The molecule has 1 aliphatic heterocycles. The van der Waals surface area contributed by atoms with Crippen molar-refractivity contribution < 1.29 is 14.3 Å². The molecule has 1 saturated heterocycles. The highest BCUT2D eigenvalue weighted by molar-refractivity contribution is 5.99. The number of carbonyl (C=O) groups is 2. The lowest BCUT2D eigenvalue weighted by Gasteiger charge is -2.17. The number of aryl methyl sites for hydroxylation is 3. The molecule has 0 aromatic heterocycles. The molecule has 1 aliphatic rings. The smallest absolute Gasteiger partial charge is 0.316 e. The van der Waals surface area contributed by atoms with Gasteiger partial charge >= 0.3 is 5.97 Å². The molecule has 1 heterocycles. The van der Waals surface area contributed by atoms with Crippen LogP contribution in [0, 0.1) is 26.7 Å². The fraction of sp³-hybridized carbons (Fsp3) is 0.300. The van der Waals surface area contributed by atoms with Crippen LogP contribution in [0.1, 0.15) is 23.1 Å². The molecule has 1 atom stereocenters. The van der Waals surface area contributed by atoms with Crippen molar-refractivity contribution in [1.29, 1.82) is 0 Å². The van der Waals surface area contributed by atoms with Crippen LogP contribution in [0.15, 0.2) is 42.5 Å². The maximum Gasteiger partial charge on any atom is 0.316 e.